The molecule has 0 radical (unpaired) electrons. The largest absolute Gasteiger partial charge is 0.339 e. The average molecular weight is 409 g/mol. The summed E-state index contributed by atoms with van der Waals surface area (Å²) >= 11 is 1.09. The Morgan fingerprint density at radius 1 is 1.03 bits per heavy atom. The number of hydrogen-bond acceptors (Lipinski definition) is 4. The van der Waals surface area contributed by atoms with Crippen LogP contribution in [-0.4, -0.2) is 39.9 Å². The molecule has 1 N–H and O–H groups in total. The van der Waals surface area contributed by atoms with Crippen molar-refractivity contribution in [3.63, 3.8) is 0 Å². The molecule has 3 rings (SSSR count). The Balaban J connectivity index is 1.77. The summed E-state index contributed by atoms with van der Waals surface area (Å²) < 4.78 is 1.86. The summed E-state index contributed by atoms with van der Waals surface area (Å²) in [6.45, 7) is 3.88. The smallest absolute Gasteiger partial charge is 0.286 e. The molecule has 0 spiro atoms. The first kappa shape index (κ1) is 20.7. The second-order valence-electron chi connectivity index (χ2n) is 6.88. The van der Waals surface area contributed by atoms with Crippen molar-refractivity contribution in [1.82, 2.24) is 14.7 Å². The van der Waals surface area contributed by atoms with Crippen molar-refractivity contribution in [2.24, 2.45) is 0 Å². The highest BCUT2D eigenvalue weighted by molar-refractivity contribution is 8.13. The maximum absolute atomic E-state index is 12.8. The molecule has 0 bridgehead atoms. The molecule has 2 aromatic carbocycles. The van der Waals surface area contributed by atoms with Crippen molar-refractivity contribution in [3.05, 3.63) is 71.5 Å². The second-order valence-corrected chi connectivity index (χ2v) is 7.87. The summed E-state index contributed by atoms with van der Waals surface area (Å²) in [5, 5.41) is 7.44. The number of aromatic nitrogens is 2. The van der Waals surface area contributed by atoms with Gasteiger partial charge in [0.15, 0.2) is 0 Å². The summed E-state index contributed by atoms with van der Waals surface area (Å²) in [5.41, 5.74) is 4.26. The lowest BCUT2D eigenvalue weighted by molar-refractivity contribution is -0.115. The molecule has 0 aliphatic rings. The van der Waals surface area contributed by atoms with E-state index in [1.807, 2.05) is 67.1 Å². The predicted octanol–water partition coefficient (Wildman–Crippen LogP) is 4.44. The van der Waals surface area contributed by atoms with Crippen LogP contribution < -0.4 is 5.32 Å². The number of amides is 2. The summed E-state index contributed by atoms with van der Waals surface area (Å²) in [7, 11) is 3.40. The zero-order valence-corrected chi connectivity index (χ0v) is 17.8. The molecule has 7 heteroatoms. The van der Waals surface area contributed by atoms with Crippen LogP contribution in [0, 0.1) is 13.8 Å². The number of thioether (sulfide) groups is 1. The van der Waals surface area contributed by atoms with Gasteiger partial charge in [0, 0.05) is 30.2 Å². The minimum Gasteiger partial charge on any atom is -0.339 e. The van der Waals surface area contributed by atoms with Gasteiger partial charge in [-0.15, -0.1) is 0 Å². The SMILES string of the molecule is Cc1nn(-c2ccccc2)c(C)c1CC(=O)Nc1ccccc1SC(=O)N(C)C. The van der Waals surface area contributed by atoms with E-state index < -0.39 is 0 Å². The highest BCUT2D eigenvalue weighted by Crippen LogP contribution is 2.29. The molecule has 0 aliphatic heterocycles. The molecule has 0 unspecified atom stereocenters. The molecular formula is C22H24N4O2S. The van der Waals surface area contributed by atoms with E-state index in [1.165, 1.54) is 4.90 Å². The van der Waals surface area contributed by atoms with Crippen LogP contribution >= 0.6 is 11.8 Å². The van der Waals surface area contributed by atoms with Crippen LogP contribution in [-0.2, 0) is 11.2 Å². The summed E-state index contributed by atoms with van der Waals surface area (Å²) in [5.74, 6) is -0.144. The van der Waals surface area contributed by atoms with Gasteiger partial charge in [0.2, 0.25) is 5.91 Å². The third-order valence-electron chi connectivity index (χ3n) is 4.50. The zero-order valence-electron chi connectivity index (χ0n) is 17.0. The van der Waals surface area contributed by atoms with Crippen molar-refractivity contribution >= 4 is 28.6 Å². The Kier molecular flexibility index (Phi) is 6.39. The molecule has 29 heavy (non-hydrogen) atoms. The van der Waals surface area contributed by atoms with Crippen LogP contribution in [0.1, 0.15) is 17.0 Å². The van der Waals surface area contributed by atoms with Crippen molar-refractivity contribution in [2.75, 3.05) is 19.4 Å². The van der Waals surface area contributed by atoms with Gasteiger partial charge in [-0.25, -0.2) is 4.68 Å². The van der Waals surface area contributed by atoms with Crippen molar-refractivity contribution in [2.45, 2.75) is 25.2 Å². The molecule has 0 atom stereocenters. The lowest BCUT2D eigenvalue weighted by Crippen LogP contribution is -2.18. The second kappa shape index (κ2) is 8.96. The van der Waals surface area contributed by atoms with Gasteiger partial charge in [-0.05, 0) is 49.9 Å². The van der Waals surface area contributed by atoms with Gasteiger partial charge in [0.25, 0.3) is 5.24 Å². The fourth-order valence-corrected chi connectivity index (χ4v) is 3.70. The Bertz CT molecular complexity index is 1030. The quantitative estimate of drug-likeness (QED) is 0.634. The van der Waals surface area contributed by atoms with Gasteiger partial charge in [0.05, 0.1) is 23.5 Å². The number of nitrogens with one attached hydrogen (secondary N) is 1. The fraction of sp³-hybridized carbons (Fsp3) is 0.227. The topological polar surface area (TPSA) is 67.2 Å². The molecule has 0 saturated heterocycles. The number of carbonyl (C=O) groups is 2. The first-order chi connectivity index (χ1) is 13.9. The van der Waals surface area contributed by atoms with E-state index >= 15 is 0 Å². The minimum atomic E-state index is -0.144. The normalized spacial score (nSPS) is 10.6. The molecule has 0 saturated carbocycles. The van der Waals surface area contributed by atoms with Crippen molar-refractivity contribution in [1.29, 1.82) is 0 Å². The highest BCUT2D eigenvalue weighted by atomic mass is 32.2. The molecule has 1 heterocycles. The fourth-order valence-electron chi connectivity index (χ4n) is 2.95. The lowest BCUT2D eigenvalue weighted by atomic mass is 10.1. The van der Waals surface area contributed by atoms with Gasteiger partial charge >= 0.3 is 0 Å². The number of hydrogen-bond donors (Lipinski definition) is 1. The van der Waals surface area contributed by atoms with Gasteiger partial charge in [-0.1, -0.05) is 30.3 Å². The molecule has 6 nitrogen and oxygen atoms in total. The molecule has 3 aromatic rings. The van der Waals surface area contributed by atoms with Crippen LogP contribution in [0.25, 0.3) is 5.69 Å². The molecule has 0 fully saturated rings. The third-order valence-corrected chi connectivity index (χ3v) is 5.62. The number of rotatable bonds is 5. The molecular weight excluding hydrogens is 384 g/mol. The van der Waals surface area contributed by atoms with E-state index in [4.69, 9.17) is 0 Å². The number of anilines is 1. The van der Waals surface area contributed by atoms with Crippen LogP contribution in [0.2, 0.25) is 0 Å². The Morgan fingerprint density at radius 3 is 2.38 bits per heavy atom. The van der Waals surface area contributed by atoms with E-state index in [2.05, 4.69) is 10.4 Å². The Hall–Kier alpha value is -3.06. The first-order valence-corrected chi connectivity index (χ1v) is 10.1. The van der Waals surface area contributed by atoms with Crippen LogP contribution in [0.5, 0.6) is 0 Å². The van der Waals surface area contributed by atoms with Gasteiger partial charge < -0.3 is 10.2 Å². The standard InChI is InChI=1S/C22H24N4O2S/c1-15-18(16(2)26(24-15)17-10-6-5-7-11-17)14-21(27)23-19-12-8-9-13-20(19)29-22(28)25(3)4/h5-13H,14H2,1-4H3,(H,23,27). The molecule has 1 aromatic heterocycles. The van der Waals surface area contributed by atoms with E-state index in [1.54, 1.807) is 20.2 Å². The van der Waals surface area contributed by atoms with Crippen LogP contribution in [0.4, 0.5) is 10.5 Å². The monoisotopic (exact) mass is 408 g/mol. The van der Waals surface area contributed by atoms with Gasteiger partial charge in [-0.2, -0.15) is 5.10 Å². The van der Waals surface area contributed by atoms with E-state index in [0.717, 1.165) is 34.4 Å². The number of para-hydroxylation sites is 2. The van der Waals surface area contributed by atoms with Crippen molar-refractivity contribution < 1.29 is 9.59 Å². The highest BCUT2D eigenvalue weighted by Gasteiger charge is 2.17. The van der Waals surface area contributed by atoms with E-state index in [-0.39, 0.29) is 17.6 Å². The predicted molar refractivity (Wildman–Crippen MR) is 117 cm³/mol. The number of nitrogens with zero attached hydrogens (tertiary/aromatic N) is 3. The molecule has 0 aliphatic carbocycles. The third kappa shape index (κ3) is 4.86. The van der Waals surface area contributed by atoms with Crippen LogP contribution in [0.15, 0.2) is 59.5 Å². The van der Waals surface area contributed by atoms with Crippen molar-refractivity contribution in [3.8, 4) is 5.69 Å². The van der Waals surface area contributed by atoms with E-state index in [0.29, 0.717) is 10.6 Å². The van der Waals surface area contributed by atoms with Gasteiger partial charge in [0.1, 0.15) is 0 Å². The summed E-state index contributed by atoms with van der Waals surface area (Å²) in [4.78, 5) is 27.0. The molecule has 2 amide bonds. The molecule has 150 valence electrons. The lowest BCUT2D eigenvalue weighted by Gasteiger charge is -2.13. The Morgan fingerprint density at radius 2 is 1.69 bits per heavy atom. The maximum atomic E-state index is 12.8. The maximum Gasteiger partial charge on any atom is 0.286 e. The average Bonchev–Trinajstić information content (AvgIpc) is 2.98. The summed E-state index contributed by atoms with van der Waals surface area (Å²) in [6, 6.07) is 17.2. The zero-order chi connectivity index (χ0) is 21.0. The number of carbonyl (C=O) groups excluding carboxylic acids is 2. The van der Waals surface area contributed by atoms with E-state index in [9.17, 15) is 9.59 Å². The van der Waals surface area contributed by atoms with Gasteiger partial charge in [-0.3, -0.25) is 9.59 Å². The Labute approximate surface area is 174 Å². The van der Waals surface area contributed by atoms with Crippen LogP contribution in [0.3, 0.4) is 0 Å². The minimum absolute atomic E-state index is 0.0949. The number of aryl methyl sites for hydroxylation is 1. The summed E-state index contributed by atoms with van der Waals surface area (Å²) in [6.07, 6.45) is 0.213. The first-order valence-electron chi connectivity index (χ1n) is 9.25. The number of benzene rings is 2.